The van der Waals surface area contributed by atoms with Gasteiger partial charge >= 0.3 is 11.9 Å². The van der Waals surface area contributed by atoms with E-state index in [0.717, 1.165) is 0 Å². The van der Waals surface area contributed by atoms with Crippen molar-refractivity contribution in [1.82, 2.24) is 0 Å². The molecule has 0 aliphatic rings. The first-order valence-corrected chi connectivity index (χ1v) is 5.24. The highest BCUT2D eigenvalue weighted by Crippen LogP contribution is 2.16. The second-order valence-corrected chi connectivity index (χ2v) is 3.21. The number of rotatable bonds is 5. The fraction of sp³-hybridized carbons (Fsp3) is 0.333. The predicted octanol–water partition coefficient (Wildman–Crippen LogP) is 2.07. The minimum atomic E-state index is -0.664. The van der Waals surface area contributed by atoms with Crippen molar-refractivity contribution < 1.29 is 23.5 Å². The second kappa shape index (κ2) is 6.62. The van der Waals surface area contributed by atoms with Crippen molar-refractivity contribution in [3.8, 4) is 5.75 Å². The van der Waals surface area contributed by atoms with Gasteiger partial charge in [0.1, 0.15) is 0 Å². The highest BCUT2D eigenvalue weighted by Gasteiger charge is 2.11. The van der Waals surface area contributed by atoms with Crippen LogP contribution in [-0.4, -0.2) is 18.5 Å². The van der Waals surface area contributed by atoms with Gasteiger partial charge in [0, 0.05) is 0 Å². The molecule has 0 bridgehead atoms. The fourth-order valence-electron chi connectivity index (χ4n) is 1.14. The number of hydrogen-bond donors (Lipinski definition) is 0. The van der Waals surface area contributed by atoms with E-state index in [0.29, 0.717) is 0 Å². The molecule has 1 aromatic rings. The zero-order valence-corrected chi connectivity index (χ0v) is 9.44. The number of para-hydroxylation sites is 1. The predicted molar refractivity (Wildman–Crippen MR) is 57.9 cm³/mol. The first kappa shape index (κ1) is 13.2. The van der Waals surface area contributed by atoms with Crippen LogP contribution >= 0.6 is 0 Å². The quantitative estimate of drug-likeness (QED) is 0.584. The van der Waals surface area contributed by atoms with Crippen LogP contribution in [0.5, 0.6) is 5.75 Å². The maximum absolute atomic E-state index is 13.1. The summed E-state index contributed by atoms with van der Waals surface area (Å²) in [6.07, 6.45) is -0.200. The van der Waals surface area contributed by atoms with Gasteiger partial charge in [-0.3, -0.25) is 9.59 Å². The summed E-state index contributed by atoms with van der Waals surface area (Å²) < 4.78 is 22.5. The zero-order chi connectivity index (χ0) is 12.7. The third-order valence-electron chi connectivity index (χ3n) is 1.90. The Labute approximate surface area is 98.3 Å². The fourth-order valence-corrected chi connectivity index (χ4v) is 1.14. The van der Waals surface area contributed by atoms with Gasteiger partial charge in [-0.2, -0.15) is 0 Å². The number of halogens is 1. The number of esters is 2. The van der Waals surface area contributed by atoms with E-state index in [2.05, 4.69) is 4.74 Å². The van der Waals surface area contributed by atoms with Crippen LogP contribution in [0.2, 0.25) is 0 Å². The second-order valence-electron chi connectivity index (χ2n) is 3.21. The molecule has 5 heteroatoms. The van der Waals surface area contributed by atoms with Gasteiger partial charge in [0.05, 0.1) is 19.4 Å². The van der Waals surface area contributed by atoms with E-state index in [9.17, 15) is 14.0 Å². The van der Waals surface area contributed by atoms with Crippen molar-refractivity contribution in [2.24, 2.45) is 0 Å². The lowest BCUT2D eigenvalue weighted by Gasteiger charge is -2.04. The third-order valence-corrected chi connectivity index (χ3v) is 1.90. The van der Waals surface area contributed by atoms with Crippen LogP contribution in [-0.2, 0) is 14.3 Å². The molecule has 0 saturated carbocycles. The summed E-state index contributed by atoms with van der Waals surface area (Å²) in [5, 5.41) is 0. The van der Waals surface area contributed by atoms with Crippen LogP contribution in [0.3, 0.4) is 0 Å². The van der Waals surface area contributed by atoms with Crippen LogP contribution in [0.1, 0.15) is 19.8 Å². The lowest BCUT2D eigenvalue weighted by atomic mass is 10.3. The van der Waals surface area contributed by atoms with Crippen LogP contribution in [0.15, 0.2) is 24.3 Å². The van der Waals surface area contributed by atoms with E-state index in [-0.39, 0.29) is 25.2 Å². The maximum atomic E-state index is 13.1. The van der Waals surface area contributed by atoms with Gasteiger partial charge in [0.15, 0.2) is 11.6 Å². The summed E-state index contributed by atoms with van der Waals surface area (Å²) >= 11 is 0. The molecule has 0 amide bonds. The van der Waals surface area contributed by atoms with Gasteiger partial charge in [-0.15, -0.1) is 0 Å². The molecule has 0 heterocycles. The highest BCUT2D eigenvalue weighted by molar-refractivity contribution is 5.79. The standard InChI is InChI=1S/C12H13FO4/c1-2-16-11(14)7-8-12(15)17-10-6-4-3-5-9(10)13/h3-6H,2,7-8H2,1H3. The Hall–Kier alpha value is -1.91. The third kappa shape index (κ3) is 4.63. The van der Waals surface area contributed by atoms with Gasteiger partial charge in [-0.05, 0) is 19.1 Å². The number of benzene rings is 1. The Balaban J connectivity index is 2.40. The number of ether oxygens (including phenoxy) is 2. The molecule has 1 aromatic carbocycles. The summed E-state index contributed by atoms with van der Waals surface area (Å²) in [6, 6.07) is 5.58. The first-order valence-electron chi connectivity index (χ1n) is 5.24. The summed E-state index contributed by atoms with van der Waals surface area (Å²) in [7, 11) is 0. The minimum Gasteiger partial charge on any atom is -0.466 e. The highest BCUT2D eigenvalue weighted by atomic mass is 19.1. The Morgan fingerprint density at radius 1 is 1.18 bits per heavy atom. The zero-order valence-electron chi connectivity index (χ0n) is 9.44. The number of carbonyl (C=O) groups excluding carboxylic acids is 2. The van der Waals surface area contributed by atoms with Crippen LogP contribution < -0.4 is 4.74 Å². The van der Waals surface area contributed by atoms with Crippen molar-refractivity contribution in [2.75, 3.05) is 6.61 Å². The molecule has 4 nitrogen and oxygen atoms in total. The Morgan fingerprint density at radius 3 is 2.47 bits per heavy atom. The van der Waals surface area contributed by atoms with E-state index < -0.39 is 17.8 Å². The Morgan fingerprint density at radius 2 is 1.82 bits per heavy atom. The molecule has 17 heavy (non-hydrogen) atoms. The molecule has 0 unspecified atom stereocenters. The molecular weight excluding hydrogens is 227 g/mol. The lowest BCUT2D eigenvalue weighted by molar-refractivity contribution is -0.146. The van der Waals surface area contributed by atoms with Crippen molar-refractivity contribution in [1.29, 1.82) is 0 Å². The summed E-state index contributed by atoms with van der Waals surface area (Å²) in [5.74, 6) is -1.89. The molecule has 0 radical (unpaired) electrons. The van der Waals surface area contributed by atoms with E-state index >= 15 is 0 Å². The van der Waals surface area contributed by atoms with Crippen LogP contribution in [0.25, 0.3) is 0 Å². The molecule has 0 N–H and O–H groups in total. The van der Waals surface area contributed by atoms with Crippen molar-refractivity contribution in [2.45, 2.75) is 19.8 Å². The molecular formula is C12H13FO4. The normalized spacial score (nSPS) is 9.76. The summed E-state index contributed by atoms with van der Waals surface area (Å²) in [4.78, 5) is 22.2. The SMILES string of the molecule is CCOC(=O)CCC(=O)Oc1ccccc1F. The van der Waals surface area contributed by atoms with E-state index in [4.69, 9.17) is 4.74 Å². The minimum absolute atomic E-state index is 0.0683. The van der Waals surface area contributed by atoms with Gasteiger partial charge in [-0.25, -0.2) is 4.39 Å². The van der Waals surface area contributed by atoms with Crippen molar-refractivity contribution >= 4 is 11.9 Å². The van der Waals surface area contributed by atoms with E-state index in [1.54, 1.807) is 13.0 Å². The monoisotopic (exact) mass is 240 g/mol. The van der Waals surface area contributed by atoms with E-state index in [1.807, 2.05) is 0 Å². The number of carbonyl (C=O) groups is 2. The maximum Gasteiger partial charge on any atom is 0.311 e. The Kier molecular flexibility index (Phi) is 5.13. The van der Waals surface area contributed by atoms with Gasteiger partial charge in [-0.1, -0.05) is 12.1 Å². The largest absolute Gasteiger partial charge is 0.466 e. The lowest BCUT2D eigenvalue weighted by Crippen LogP contribution is -2.12. The van der Waals surface area contributed by atoms with Gasteiger partial charge < -0.3 is 9.47 Å². The molecule has 0 spiro atoms. The topological polar surface area (TPSA) is 52.6 Å². The van der Waals surface area contributed by atoms with Crippen LogP contribution in [0.4, 0.5) is 4.39 Å². The first-order chi connectivity index (χ1) is 8.13. The molecule has 0 saturated heterocycles. The summed E-state index contributed by atoms with van der Waals surface area (Å²) in [5.41, 5.74) is 0. The van der Waals surface area contributed by atoms with Crippen molar-refractivity contribution in [3.63, 3.8) is 0 Å². The molecule has 92 valence electrons. The summed E-state index contributed by atoms with van der Waals surface area (Å²) in [6.45, 7) is 1.94. The Bertz CT molecular complexity index is 403. The molecule has 1 rings (SSSR count). The van der Waals surface area contributed by atoms with Crippen molar-refractivity contribution in [3.05, 3.63) is 30.1 Å². The van der Waals surface area contributed by atoms with Gasteiger partial charge in [0.25, 0.3) is 0 Å². The molecule has 0 fully saturated rings. The smallest absolute Gasteiger partial charge is 0.311 e. The molecule has 0 aliphatic carbocycles. The average Bonchev–Trinajstić information content (AvgIpc) is 2.30. The van der Waals surface area contributed by atoms with Crippen LogP contribution in [0, 0.1) is 5.82 Å². The molecule has 0 aromatic heterocycles. The number of hydrogen-bond acceptors (Lipinski definition) is 4. The molecule has 0 atom stereocenters. The molecule has 0 aliphatic heterocycles. The average molecular weight is 240 g/mol. The van der Waals surface area contributed by atoms with E-state index in [1.165, 1.54) is 18.2 Å². The van der Waals surface area contributed by atoms with Gasteiger partial charge in [0.2, 0.25) is 0 Å².